The van der Waals surface area contributed by atoms with Crippen molar-refractivity contribution in [1.82, 2.24) is 9.78 Å². The summed E-state index contributed by atoms with van der Waals surface area (Å²) in [6, 6.07) is 12.6. The Hall–Kier alpha value is -2.80. The van der Waals surface area contributed by atoms with E-state index in [1.807, 2.05) is 13.0 Å². The van der Waals surface area contributed by atoms with Crippen LogP contribution < -0.4 is 10.7 Å². The Morgan fingerprint density at radius 3 is 2.58 bits per heavy atom. The minimum Gasteiger partial charge on any atom is -0.320 e. The van der Waals surface area contributed by atoms with Gasteiger partial charge in [-0.1, -0.05) is 28.1 Å². The molecule has 1 heterocycles. The molecule has 0 radical (unpaired) electrons. The predicted octanol–water partition coefficient (Wildman–Crippen LogP) is 4.00. The van der Waals surface area contributed by atoms with Crippen LogP contribution in [0.4, 0.5) is 10.1 Å². The molecule has 0 unspecified atom stereocenters. The topological polar surface area (TPSA) is 64.0 Å². The van der Waals surface area contributed by atoms with E-state index in [0.717, 1.165) is 10.0 Å². The van der Waals surface area contributed by atoms with Gasteiger partial charge >= 0.3 is 0 Å². The summed E-state index contributed by atoms with van der Waals surface area (Å²) in [6.45, 7) is 3.46. The fourth-order valence-corrected chi connectivity index (χ4v) is 3.00. The van der Waals surface area contributed by atoms with E-state index in [-0.39, 0.29) is 11.4 Å². The van der Waals surface area contributed by atoms with Gasteiger partial charge in [0, 0.05) is 21.9 Å². The Labute approximate surface area is 157 Å². The first-order valence-electron chi connectivity index (χ1n) is 7.80. The van der Waals surface area contributed by atoms with Crippen LogP contribution in [-0.2, 0) is 0 Å². The van der Waals surface area contributed by atoms with E-state index in [9.17, 15) is 14.0 Å². The number of halogens is 2. The Balaban J connectivity index is 2.02. The van der Waals surface area contributed by atoms with Gasteiger partial charge in [-0.05, 0) is 49.7 Å². The zero-order valence-electron chi connectivity index (χ0n) is 14.1. The van der Waals surface area contributed by atoms with Gasteiger partial charge in [-0.15, -0.1) is 0 Å². The van der Waals surface area contributed by atoms with Crippen LogP contribution in [0.3, 0.4) is 0 Å². The molecule has 0 bridgehead atoms. The van der Waals surface area contributed by atoms with Crippen LogP contribution in [0, 0.1) is 19.7 Å². The van der Waals surface area contributed by atoms with Gasteiger partial charge in [0.05, 0.1) is 0 Å². The number of aromatic nitrogens is 2. The first-order valence-corrected chi connectivity index (χ1v) is 8.59. The van der Waals surface area contributed by atoms with Gasteiger partial charge in [-0.25, -0.2) is 9.07 Å². The molecule has 5 nitrogen and oxygen atoms in total. The maximum Gasteiger partial charge on any atom is 0.280 e. The molecule has 26 heavy (non-hydrogen) atoms. The highest BCUT2D eigenvalue weighted by atomic mass is 79.9. The van der Waals surface area contributed by atoms with E-state index in [2.05, 4.69) is 26.3 Å². The molecule has 0 spiro atoms. The predicted molar refractivity (Wildman–Crippen MR) is 101 cm³/mol. The molecule has 132 valence electrons. The fourth-order valence-electron chi connectivity index (χ4n) is 2.52. The van der Waals surface area contributed by atoms with Crippen LogP contribution in [0.2, 0.25) is 0 Å². The molecule has 3 aromatic rings. The Morgan fingerprint density at radius 1 is 1.15 bits per heavy atom. The van der Waals surface area contributed by atoms with Gasteiger partial charge in [0.25, 0.3) is 5.91 Å². The van der Waals surface area contributed by atoms with Crippen LogP contribution in [0.25, 0.3) is 5.69 Å². The lowest BCUT2D eigenvalue weighted by molar-refractivity contribution is 0.101. The SMILES string of the molecule is Cc1cc(Br)ccc1NC(=O)c1nn(-c2ccccc2F)c(C)cc1=O. The number of rotatable bonds is 3. The first kappa shape index (κ1) is 18.0. The zero-order chi connectivity index (χ0) is 18.8. The summed E-state index contributed by atoms with van der Waals surface area (Å²) in [5.41, 5.74) is 1.16. The van der Waals surface area contributed by atoms with Crippen molar-refractivity contribution in [3.8, 4) is 5.69 Å². The van der Waals surface area contributed by atoms with Crippen molar-refractivity contribution < 1.29 is 9.18 Å². The van der Waals surface area contributed by atoms with E-state index in [1.165, 1.54) is 22.9 Å². The Morgan fingerprint density at radius 2 is 1.88 bits per heavy atom. The van der Waals surface area contributed by atoms with E-state index in [1.54, 1.807) is 31.2 Å². The third-order valence-corrected chi connectivity index (χ3v) is 4.33. The highest BCUT2D eigenvalue weighted by Gasteiger charge is 2.17. The van der Waals surface area contributed by atoms with Crippen LogP contribution in [0.15, 0.2) is 57.8 Å². The average Bonchev–Trinajstić information content (AvgIpc) is 2.58. The summed E-state index contributed by atoms with van der Waals surface area (Å²) in [5.74, 6) is -1.15. The second kappa shape index (κ2) is 7.21. The van der Waals surface area contributed by atoms with Crippen molar-refractivity contribution in [2.75, 3.05) is 5.32 Å². The minimum absolute atomic E-state index is 0.166. The molecular formula is C19H15BrFN3O2. The monoisotopic (exact) mass is 415 g/mol. The molecule has 1 aromatic heterocycles. The molecule has 0 fully saturated rings. The second-order valence-electron chi connectivity index (χ2n) is 5.78. The Bertz CT molecular complexity index is 1060. The number of benzene rings is 2. The number of hydrogen-bond acceptors (Lipinski definition) is 3. The number of aryl methyl sites for hydroxylation is 2. The molecule has 0 aliphatic rings. The molecule has 3 rings (SSSR count). The standard InChI is InChI=1S/C19H15BrFN3O2/c1-11-9-13(20)7-8-15(11)22-19(26)18-17(25)10-12(2)24(23-18)16-6-4-3-5-14(16)21/h3-10H,1-2H3,(H,22,26). The molecular weight excluding hydrogens is 401 g/mol. The molecule has 0 atom stereocenters. The summed E-state index contributed by atoms with van der Waals surface area (Å²) < 4.78 is 16.2. The molecule has 1 N–H and O–H groups in total. The highest BCUT2D eigenvalue weighted by molar-refractivity contribution is 9.10. The summed E-state index contributed by atoms with van der Waals surface area (Å²) >= 11 is 3.36. The maximum atomic E-state index is 14.1. The van der Waals surface area contributed by atoms with Crippen molar-refractivity contribution in [3.63, 3.8) is 0 Å². The largest absolute Gasteiger partial charge is 0.320 e. The van der Waals surface area contributed by atoms with Crippen molar-refractivity contribution in [1.29, 1.82) is 0 Å². The average molecular weight is 416 g/mol. The van der Waals surface area contributed by atoms with Gasteiger partial charge in [0.1, 0.15) is 11.5 Å². The first-order chi connectivity index (χ1) is 12.4. The van der Waals surface area contributed by atoms with Crippen LogP contribution >= 0.6 is 15.9 Å². The Kier molecular flexibility index (Phi) is 4.99. The van der Waals surface area contributed by atoms with Gasteiger partial charge in [0.15, 0.2) is 5.69 Å². The van der Waals surface area contributed by atoms with Gasteiger partial charge in [-0.3, -0.25) is 9.59 Å². The summed E-state index contributed by atoms with van der Waals surface area (Å²) in [7, 11) is 0. The van der Waals surface area contributed by atoms with E-state index in [4.69, 9.17) is 0 Å². The van der Waals surface area contributed by atoms with Crippen molar-refractivity contribution in [3.05, 3.63) is 86.0 Å². The number of nitrogens with zero attached hydrogens (tertiary/aromatic N) is 2. The zero-order valence-corrected chi connectivity index (χ0v) is 15.7. The number of hydrogen-bond donors (Lipinski definition) is 1. The van der Waals surface area contributed by atoms with Gasteiger partial charge < -0.3 is 5.32 Å². The number of amides is 1. The normalized spacial score (nSPS) is 10.6. The van der Waals surface area contributed by atoms with Gasteiger partial charge in [-0.2, -0.15) is 5.10 Å². The lowest BCUT2D eigenvalue weighted by Crippen LogP contribution is -2.27. The minimum atomic E-state index is -0.648. The molecule has 2 aromatic carbocycles. The van der Waals surface area contributed by atoms with Crippen LogP contribution in [0.5, 0.6) is 0 Å². The molecule has 7 heteroatoms. The number of para-hydroxylation sites is 1. The third kappa shape index (κ3) is 3.57. The summed E-state index contributed by atoms with van der Waals surface area (Å²) in [4.78, 5) is 24.8. The van der Waals surface area contributed by atoms with Crippen LogP contribution in [-0.4, -0.2) is 15.7 Å². The third-order valence-electron chi connectivity index (χ3n) is 3.84. The summed E-state index contributed by atoms with van der Waals surface area (Å²) in [6.07, 6.45) is 0. The number of anilines is 1. The summed E-state index contributed by atoms with van der Waals surface area (Å²) in [5, 5.41) is 6.77. The molecule has 0 saturated heterocycles. The maximum absolute atomic E-state index is 14.1. The fraction of sp³-hybridized carbons (Fsp3) is 0.105. The van der Waals surface area contributed by atoms with E-state index < -0.39 is 17.2 Å². The molecule has 0 aliphatic heterocycles. The quantitative estimate of drug-likeness (QED) is 0.702. The highest BCUT2D eigenvalue weighted by Crippen LogP contribution is 2.20. The van der Waals surface area contributed by atoms with E-state index in [0.29, 0.717) is 11.4 Å². The van der Waals surface area contributed by atoms with Crippen LogP contribution in [0.1, 0.15) is 21.7 Å². The van der Waals surface area contributed by atoms with Crippen molar-refractivity contribution >= 4 is 27.5 Å². The second-order valence-corrected chi connectivity index (χ2v) is 6.69. The van der Waals surface area contributed by atoms with E-state index >= 15 is 0 Å². The van der Waals surface area contributed by atoms with Crippen molar-refractivity contribution in [2.45, 2.75) is 13.8 Å². The smallest absolute Gasteiger partial charge is 0.280 e. The number of carbonyl (C=O) groups is 1. The lowest BCUT2D eigenvalue weighted by Gasteiger charge is -2.12. The lowest BCUT2D eigenvalue weighted by atomic mass is 10.2. The van der Waals surface area contributed by atoms with Crippen molar-refractivity contribution in [2.24, 2.45) is 0 Å². The molecule has 0 saturated carbocycles. The van der Waals surface area contributed by atoms with Gasteiger partial charge in [0.2, 0.25) is 5.43 Å². The molecule has 1 amide bonds. The number of carbonyl (C=O) groups excluding carboxylic acids is 1. The molecule has 0 aliphatic carbocycles. The number of nitrogens with one attached hydrogen (secondary N) is 1.